The van der Waals surface area contributed by atoms with E-state index in [1.807, 2.05) is 0 Å². The number of hydrogen-bond acceptors (Lipinski definition) is 4. The van der Waals surface area contributed by atoms with Gasteiger partial charge in [-0.3, -0.25) is 9.59 Å². The highest BCUT2D eigenvalue weighted by molar-refractivity contribution is 5.91. The van der Waals surface area contributed by atoms with Crippen LogP contribution in [0.2, 0.25) is 0 Å². The van der Waals surface area contributed by atoms with Crippen LogP contribution in [0.25, 0.3) is 0 Å². The van der Waals surface area contributed by atoms with Crippen LogP contribution >= 0.6 is 0 Å². The maximum atomic E-state index is 11.6. The lowest BCUT2D eigenvalue weighted by Gasteiger charge is -2.23. The molecule has 108 valence electrons. The van der Waals surface area contributed by atoms with Gasteiger partial charge in [-0.05, 0) is 51.4 Å². The second-order valence-corrected chi connectivity index (χ2v) is 5.68. The molecule has 4 nitrogen and oxygen atoms in total. The molecule has 2 fully saturated rings. The largest absolute Gasteiger partial charge is 0.462 e. The summed E-state index contributed by atoms with van der Waals surface area (Å²) in [7, 11) is 0. The van der Waals surface area contributed by atoms with Crippen LogP contribution in [0.4, 0.5) is 0 Å². The summed E-state index contributed by atoms with van der Waals surface area (Å²) in [6.45, 7) is 0. The zero-order valence-electron chi connectivity index (χ0n) is 11.6. The molecule has 0 atom stereocenters. The van der Waals surface area contributed by atoms with Crippen molar-refractivity contribution in [3.63, 3.8) is 0 Å². The highest BCUT2D eigenvalue weighted by Crippen LogP contribution is 2.22. The number of rotatable bonds is 4. The van der Waals surface area contributed by atoms with Crippen LogP contribution < -0.4 is 0 Å². The Morgan fingerprint density at radius 2 is 1.05 bits per heavy atom. The molecule has 2 rings (SSSR count). The van der Waals surface area contributed by atoms with Gasteiger partial charge in [-0.1, -0.05) is 12.8 Å². The van der Waals surface area contributed by atoms with Gasteiger partial charge in [0, 0.05) is 0 Å². The average Bonchev–Trinajstić information content (AvgIpc) is 2.40. The summed E-state index contributed by atoms with van der Waals surface area (Å²) >= 11 is 0. The summed E-state index contributed by atoms with van der Waals surface area (Å²) in [5.74, 6) is -0.847. The van der Waals surface area contributed by atoms with Crippen molar-refractivity contribution in [2.45, 2.75) is 82.8 Å². The molecule has 0 saturated heterocycles. The zero-order chi connectivity index (χ0) is 13.5. The van der Waals surface area contributed by atoms with Gasteiger partial charge in [0.15, 0.2) is 0 Å². The zero-order valence-corrected chi connectivity index (χ0v) is 11.6. The first-order valence-corrected chi connectivity index (χ1v) is 7.63. The van der Waals surface area contributed by atoms with Crippen molar-refractivity contribution >= 4 is 11.9 Å². The van der Waals surface area contributed by atoms with Gasteiger partial charge in [-0.25, -0.2) is 0 Å². The van der Waals surface area contributed by atoms with Crippen molar-refractivity contribution in [3.05, 3.63) is 0 Å². The third-order valence-electron chi connectivity index (χ3n) is 3.99. The van der Waals surface area contributed by atoms with Crippen molar-refractivity contribution < 1.29 is 19.1 Å². The fraction of sp³-hybridized carbons (Fsp3) is 0.867. The lowest BCUT2D eigenvalue weighted by molar-refractivity contribution is -0.161. The molecule has 0 bridgehead atoms. The van der Waals surface area contributed by atoms with Crippen molar-refractivity contribution in [2.75, 3.05) is 0 Å². The Morgan fingerprint density at radius 1 is 0.684 bits per heavy atom. The molecule has 2 saturated carbocycles. The number of ether oxygens (including phenoxy) is 2. The Balaban J connectivity index is 1.64. The van der Waals surface area contributed by atoms with Crippen molar-refractivity contribution in [3.8, 4) is 0 Å². The van der Waals surface area contributed by atoms with E-state index < -0.39 is 11.9 Å². The van der Waals surface area contributed by atoms with Crippen LogP contribution in [-0.2, 0) is 19.1 Å². The molecular formula is C15H24O4. The fourth-order valence-corrected chi connectivity index (χ4v) is 2.94. The molecule has 0 N–H and O–H groups in total. The normalized spacial score (nSPS) is 21.9. The Labute approximate surface area is 114 Å². The molecule has 0 aromatic heterocycles. The summed E-state index contributed by atoms with van der Waals surface area (Å²) in [6.07, 6.45) is 10.4. The minimum Gasteiger partial charge on any atom is -0.462 e. The van der Waals surface area contributed by atoms with Crippen LogP contribution in [-0.4, -0.2) is 24.1 Å². The summed E-state index contributed by atoms with van der Waals surface area (Å²) in [6, 6.07) is 0. The van der Waals surface area contributed by atoms with Crippen LogP contribution in [0.15, 0.2) is 0 Å². The van der Waals surface area contributed by atoms with Gasteiger partial charge >= 0.3 is 11.9 Å². The van der Waals surface area contributed by atoms with Gasteiger partial charge in [0.25, 0.3) is 0 Å². The first-order valence-electron chi connectivity index (χ1n) is 7.63. The highest BCUT2D eigenvalue weighted by atomic mass is 16.6. The molecule has 0 radical (unpaired) electrons. The average molecular weight is 268 g/mol. The van der Waals surface area contributed by atoms with Crippen LogP contribution in [0.5, 0.6) is 0 Å². The van der Waals surface area contributed by atoms with Crippen molar-refractivity contribution in [1.82, 2.24) is 0 Å². The first-order chi connectivity index (χ1) is 9.24. The van der Waals surface area contributed by atoms with E-state index in [1.165, 1.54) is 12.8 Å². The Bertz CT molecular complexity index is 271. The highest BCUT2D eigenvalue weighted by Gasteiger charge is 2.22. The van der Waals surface area contributed by atoms with E-state index in [9.17, 15) is 9.59 Å². The predicted molar refractivity (Wildman–Crippen MR) is 70.5 cm³/mol. The van der Waals surface area contributed by atoms with Gasteiger partial charge in [-0.15, -0.1) is 0 Å². The quantitative estimate of drug-likeness (QED) is 0.580. The molecule has 0 spiro atoms. The summed E-state index contributed by atoms with van der Waals surface area (Å²) in [5, 5.41) is 0. The molecule has 19 heavy (non-hydrogen) atoms. The standard InChI is InChI=1S/C15H24O4/c16-14(18-12-7-3-1-4-8-12)11-15(17)19-13-9-5-2-6-10-13/h12-13H,1-11H2. The van der Waals surface area contributed by atoms with E-state index >= 15 is 0 Å². The van der Waals surface area contributed by atoms with Gasteiger partial charge in [0.2, 0.25) is 0 Å². The van der Waals surface area contributed by atoms with E-state index in [-0.39, 0.29) is 18.6 Å². The third-order valence-corrected chi connectivity index (χ3v) is 3.99. The minimum absolute atomic E-state index is 0.0173. The predicted octanol–water partition coefficient (Wildman–Crippen LogP) is 3.13. The number of hydrogen-bond donors (Lipinski definition) is 0. The molecular weight excluding hydrogens is 244 g/mol. The Kier molecular flexibility index (Phi) is 5.67. The molecule has 2 aliphatic rings. The number of esters is 2. The topological polar surface area (TPSA) is 52.6 Å². The minimum atomic E-state index is -0.423. The fourth-order valence-electron chi connectivity index (χ4n) is 2.94. The van der Waals surface area contributed by atoms with Crippen LogP contribution in [0, 0.1) is 0 Å². The van der Waals surface area contributed by atoms with E-state index in [0.29, 0.717) is 0 Å². The molecule has 0 aromatic carbocycles. The van der Waals surface area contributed by atoms with E-state index in [0.717, 1.165) is 51.4 Å². The number of carbonyl (C=O) groups excluding carboxylic acids is 2. The maximum Gasteiger partial charge on any atom is 0.317 e. The molecule has 0 amide bonds. The summed E-state index contributed by atoms with van der Waals surface area (Å²) < 4.78 is 10.6. The van der Waals surface area contributed by atoms with Gasteiger partial charge in [0.05, 0.1) is 0 Å². The van der Waals surface area contributed by atoms with Crippen LogP contribution in [0.1, 0.15) is 70.6 Å². The summed E-state index contributed by atoms with van der Waals surface area (Å²) in [4.78, 5) is 23.3. The van der Waals surface area contributed by atoms with Crippen molar-refractivity contribution in [2.24, 2.45) is 0 Å². The SMILES string of the molecule is O=C(CC(=O)OC1CCCCC1)OC1CCCCC1. The first kappa shape index (κ1) is 14.4. The monoisotopic (exact) mass is 268 g/mol. The molecule has 4 heteroatoms. The second-order valence-electron chi connectivity index (χ2n) is 5.68. The summed E-state index contributed by atoms with van der Waals surface area (Å²) in [5.41, 5.74) is 0. The lowest BCUT2D eigenvalue weighted by Crippen LogP contribution is -2.26. The van der Waals surface area contributed by atoms with Gasteiger partial charge in [-0.2, -0.15) is 0 Å². The smallest absolute Gasteiger partial charge is 0.317 e. The maximum absolute atomic E-state index is 11.6. The van der Waals surface area contributed by atoms with E-state index in [2.05, 4.69) is 0 Å². The molecule has 0 aromatic rings. The molecule has 2 aliphatic carbocycles. The molecule has 0 unspecified atom stereocenters. The Morgan fingerprint density at radius 3 is 1.42 bits per heavy atom. The molecule has 0 heterocycles. The van der Waals surface area contributed by atoms with Gasteiger partial charge < -0.3 is 9.47 Å². The molecule has 0 aliphatic heterocycles. The lowest BCUT2D eigenvalue weighted by atomic mass is 9.98. The van der Waals surface area contributed by atoms with E-state index in [4.69, 9.17) is 9.47 Å². The van der Waals surface area contributed by atoms with Gasteiger partial charge in [0.1, 0.15) is 18.6 Å². The van der Waals surface area contributed by atoms with Crippen LogP contribution in [0.3, 0.4) is 0 Å². The third kappa shape index (κ3) is 5.21. The Hall–Kier alpha value is -1.06. The second kappa shape index (κ2) is 7.51. The van der Waals surface area contributed by atoms with Crippen molar-refractivity contribution in [1.29, 1.82) is 0 Å². The van der Waals surface area contributed by atoms with E-state index in [1.54, 1.807) is 0 Å². The number of carbonyl (C=O) groups is 2.